The lowest BCUT2D eigenvalue weighted by Gasteiger charge is -2.29. The molecule has 0 aromatic heterocycles. The fraction of sp³-hybridized carbons (Fsp3) is 0.368. The molecule has 0 N–H and O–H groups in total. The molecule has 1 aliphatic heterocycles. The van der Waals surface area contributed by atoms with Crippen molar-refractivity contribution in [2.75, 3.05) is 33.1 Å². The molecule has 4 nitrogen and oxygen atoms in total. The van der Waals surface area contributed by atoms with Crippen molar-refractivity contribution < 1.29 is 13.7 Å². The van der Waals surface area contributed by atoms with E-state index in [2.05, 4.69) is 17.0 Å². The van der Waals surface area contributed by atoms with Crippen LogP contribution in [0.2, 0.25) is 0 Å². The van der Waals surface area contributed by atoms with Crippen LogP contribution in [0.5, 0.6) is 11.5 Å². The minimum Gasteiger partial charge on any atom is -0.493 e. The van der Waals surface area contributed by atoms with Gasteiger partial charge in [-0.2, -0.15) is 0 Å². The molecular formula is C19H23NO3S. The quantitative estimate of drug-likeness (QED) is 0.807. The average molecular weight is 345 g/mol. The summed E-state index contributed by atoms with van der Waals surface area (Å²) in [6.07, 6.45) is 0.980. The first-order chi connectivity index (χ1) is 11.7. The predicted molar refractivity (Wildman–Crippen MR) is 96.2 cm³/mol. The molecule has 2 aromatic rings. The van der Waals surface area contributed by atoms with Gasteiger partial charge in [0.15, 0.2) is 11.5 Å². The molecule has 1 aliphatic rings. The minimum absolute atomic E-state index is 0.659. The Morgan fingerprint density at radius 3 is 2.38 bits per heavy atom. The number of fused-ring (bicyclic) bond motifs is 1. The van der Waals surface area contributed by atoms with Crippen LogP contribution in [-0.2, 0) is 23.8 Å². The Morgan fingerprint density at radius 2 is 1.71 bits per heavy atom. The molecule has 0 unspecified atom stereocenters. The lowest BCUT2D eigenvalue weighted by molar-refractivity contribution is 0.267. The maximum atomic E-state index is 12.4. The summed E-state index contributed by atoms with van der Waals surface area (Å²) in [5.74, 6) is 2.22. The zero-order chi connectivity index (χ0) is 16.9. The fourth-order valence-corrected chi connectivity index (χ4v) is 4.16. The second kappa shape index (κ2) is 7.81. The van der Waals surface area contributed by atoms with E-state index >= 15 is 0 Å². The second-order valence-electron chi connectivity index (χ2n) is 5.86. The Hall–Kier alpha value is -1.85. The number of nitrogens with zero attached hydrogens (tertiary/aromatic N) is 1. The van der Waals surface area contributed by atoms with E-state index in [1.165, 1.54) is 11.1 Å². The van der Waals surface area contributed by atoms with Gasteiger partial charge in [0, 0.05) is 30.3 Å². The van der Waals surface area contributed by atoms with Crippen LogP contribution in [0.15, 0.2) is 47.4 Å². The number of hydrogen-bond donors (Lipinski definition) is 0. The second-order valence-corrected chi connectivity index (χ2v) is 7.44. The highest BCUT2D eigenvalue weighted by molar-refractivity contribution is 7.85. The van der Waals surface area contributed by atoms with Crippen molar-refractivity contribution in [1.29, 1.82) is 0 Å². The van der Waals surface area contributed by atoms with Gasteiger partial charge in [-0.25, -0.2) is 0 Å². The Labute approximate surface area is 145 Å². The average Bonchev–Trinajstić information content (AvgIpc) is 2.65. The van der Waals surface area contributed by atoms with Gasteiger partial charge >= 0.3 is 0 Å². The molecule has 0 saturated heterocycles. The summed E-state index contributed by atoms with van der Waals surface area (Å²) in [6.45, 7) is 2.67. The molecule has 24 heavy (non-hydrogen) atoms. The van der Waals surface area contributed by atoms with Gasteiger partial charge in [-0.15, -0.1) is 0 Å². The number of methoxy groups -OCH3 is 2. The first-order valence-corrected chi connectivity index (χ1v) is 9.42. The van der Waals surface area contributed by atoms with E-state index in [0.29, 0.717) is 5.75 Å². The van der Waals surface area contributed by atoms with Crippen LogP contribution >= 0.6 is 0 Å². The van der Waals surface area contributed by atoms with E-state index in [0.717, 1.165) is 42.4 Å². The van der Waals surface area contributed by atoms with Gasteiger partial charge in [-0.1, -0.05) is 18.2 Å². The molecule has 3 rings (SSSR count). The third-order valence-electron chi connectivity index (χ3n) is 4.40. The van der Waals surface area contributed by atoms with Crippen LogP contribution in [0.3, 0.4) is 0 Å². The maximum absolute atomic E-state index is 12.4. The molecule has 1 heterocycles. The number of benzene rings is 2. The number of ether oxygens (including phenoxy) is 2. The normalized spacial score (nSPS) is 15.6. The van der Waals surface area contributed by atoms with Crippen LogP contribution in [0.25, 0.3) is 0 Å². The van der Waals surface area contributed by atoms with Gasteiger partial charge < -0.3 is 9.47 Å². The highest BCUT2D eigenvalue weighted by atomic mass is 32.2. The van der Waals surface area contributed by atoms with E-state index in [9.17, 15) is 4.21 Å². The van der Waals surface area contributed by atoms with E-state index in [1.807, 2.05) is 30.3 Å². The van der Waals surface area contributed by atoms with Crippen molar-refractivity contribution in [2.24, 2.45) is 0 Å². The first-order valence-electron chi connectivity index (χ1n) is 8.11. The summed E-state index contributed by atoms with van der Waals surface area (Å²) >= 11 is 0. The molecule has 0 fully saturated rings. The summed E-state index contributed by atoms with van der Waals surface area (Å²) in [6, 6.07) is 13.8. The molecule has 0 bridgehead atoms. The molecule has 5 heteroatoms. The van der Waals surface area contributed by atoms with Crippen LogP contribution < -0.4 is 9.47 Å². The van der Waals surface area contributed by atoms with Crippen molar-refractivity contribution in [3.8, 4) is 11.5 Å². The molecule has 0 amide bonds. The number of hydrogen-bond acceptors (Lipinski definition) is 4. The predicted octanol–water partition coefficient (Wildman–Crippen LogP) is 2.87. The lowest BCUT2D eigenvalue weighted by Crippen LogP contribution is -2.33. The standard InChI is InChI=1S/C19H23NO3S/c1-22-18-12-15-8-9-20(14-16(15)13-19(18)23-2)10-11-24(21)17-6-4-3-5-7-17/h3-7,12-13H,8-11,14H2,1-2H3/t24-/m1/s1. The molecular weight excluding hydrogens is 322 g/mol. The molecule has 1 atom stereocenters. The number of rotatable bonds is 6. The SMILES string of the molecule is COc1cc2c(cc1OC)CN(CC[S@@](=O)c1ccccc1)CC2. The van der Waals surface area contributed by atoms with Crippen molar-refractivity contribution in [1.82, 2.24) is 4.90 Å². The molecule has 2 aromatic carbocycles. The van der Waals surface area contributed by atoms with Gasteiger partial charge in [0.1, 0.15) is 0 Å². The zero-order valence-corrected chi connectivity index (χ0v) is 15.0. The van der Waals surface area contributed by atoms with E-state index in [-0.39, 0.29) is 0 Å². The van der Waals surface area contributed by atoms with Gasteiger partial charge in [0.25, 0.3) is 0 Å². The summed E-state index contributed by atoms with van der Waals surface area (Å²) < 4.78 is 23.1. The highest BCUT2D eigenvalue weighted by Crippen LogP contribution is 2.33. The van der Waals surface area contributed by atoms with Gasteiger partial charge in [-0.3, -0.25) is 9.11 Å². The summed E-state index contributed by atoms with van der Waals surface area (Å²) in [5, 5.41) is 0. The van der Waals surface area contributed by atoms with E-state index in [4.69, 9.17) is 9.47 Å². The molecule has 0 aliphatic carbocycles. The van der Waals surface area contributed by atoms with Gasteiger partial charge in [0.05, 0.1) is 25.0 Å². The smallest absolute Gasteiger partial charge is 0.161 e. The molecule has 128 valence electrons. The fourth-order valence-electron chi connectivity index (χ4n) is 3.03. The van der Waals surface area contributed by atoms with Crippen molar-refractivity contribution in [3.63, 3.8) is 0 Å². The lowest BCUT2D eigenvalue weighted by atomic mass is 9.99. The van der Waals surface area contributed by atoms with E-state index in [1.54, 1.807) is 14.2 Å². The Kier molecular flexibility index (Phi) is 5.53. The summed E-state index contributed by atoms with van der Waals surface area (Å²) in [4.78, 5) is 3.26. The Balaban J connectivity index is 1.64. The van der Waals surface area contributed by atoms with Gasteiger partial charge in [0.2, 0.25) is 0 Å². The molecule has 0 radical (unpaired) electrons. The zero-order valence-electron chi connectivity index (χ0n) is 14.2. The summed E-state index contributed by atoms with van der Waals surface area (Å²) in [7, 11) is 2.39. The monoisotopic (exact) mass is 345 g/mol. The van der Waals surface area contributed by atoms with Crippen LogP contribution in [-0.4, -0.2) is 42.2 Å². The molecule has 0 saturated carbocycles. The third-order valence-corrected chi connectivity index (χ3v) is 5.75. The Morgan fingerprint density at radius 1 is 1.04 bits per heavy atom. The van der Waals surface area contributed by atoms with Gasteiger partial charge in [-0.05, 0) is 41.8 Å². The van der Waals surface area contributed by atoms with Crippen LogP contribution in [0, 0.1) is 0 Å². The van der Waals surface area contributed by atoms with Crippen molar-refractivity contribution in [2.45, 2.75) is 17.9 Å². The third kappa shape index (κ3) is 3.79. The van der Waals surface area contributed by atoms with Crippen molar-refractivity contribution >= 4 is 10.8 Å². The van der Waals surface area contributed by atoms with Crippen LogP contribution in [0.4, 0.5) is 0 Å². The first kappa shape index (κ1) is 17.0. The topological polar surface area (TPSA) is 38.8 Å². The summed E-state index contributed by atoms with van der Waals surface area (Å²) in [5.41, 5.74) is 2.58. The maximum Gasteiger partial charge on any atom is 0.161 e. The molecule has 0 spiro atoms. The minimum atomic E-state index is -0.940. The largest absolute Gasteiger partial charge is 0.493 e. The van der Waals surface area contributed by atoms with E-state index < -0.39 is 10.8 Å². The highest BCUT2D eigenvalue weighted by Gasteiger charge is 2.19. The van der Waals surface area contributed by atoms with Crippen molar-refractivity contribution in [3.05, 3.63) is 53.6 Å². The Bertz CT molecular complexity index is 718. The van der Waals surface area contributed by atoms with Crippen LogP contribution in [0.1, 0.15) is 11.1 Å².